The topological polar surface area (TPSA) is 90.6 Å². The van der Waals surface area contributed by atoms with Gasteiger partial charge >= 0.3 is 5.97 Å². The van der Waals surface area contributed by atoms with E-state index in [0.717, 1.165) is 11.1 Å². The highest BCUT2D eigenvalue weighted by molar-refractivity contribution is 7.16. The van der Waals surface area contributed by atoms with Crippen LogP contribution in [-0.2, 0) is 16.1 Å². The van der Waals surface area contributed by atoms with Crippen LogP contribution in [0.4, 0.5) is 0 Å². The zero-order valence-corrected chi connectivity index (χ0v) is 16.1. The van der Waals surface area contributed by atoms with Crippen LogP contribution in [0.1, 0.15) is 45.0 Å². The summed E-state index contributed by atoms with van der Waals surface area (Å²) in [7, 11) is 0. The molecule has 7 nitrogen and oxygen atoms in total. The summed E-state index contributed by atoms with van der Waals surface area (Å²) in [6.45, 7) is 5.47. The molecule has 2 aromatic heterocycles. The molecule has 0 bridgehead atoms. The summed E-state index contributed by atoms with van der Waals surface area (Å²) in [6, 6.07) is 7.06. The molecule has 0 spiro atoms. The molecule has 3 rings (SSSR count). The number of carbonyl (C=O) groups excluding carboxylic acids is 2. The minimum absolute atomic E-state index is 0.00554. The highest BCUT2D eigenvalue weighted by atomic mass is 32.1. The van der Waals surface area contributed by atoms with Gasteiger partial charge in [-0.1, -0.05) is 29.0 Å². The molecule has 0 atom stereocenters. The maximum absolute atomic E-state index is 12.3. The largest absolute Gasteiger partial charge is 0.458 e. The van der Waals surface area contributed by atoms with Gasteiger partial charge in [0.1, 0.15) is 6.61 Å². The zero-order valence-electron chi connectivity index (χ0n) is 15.3. The van der Waals surface area contributed by atoms with E-state index in [-0.39, 0.29) is 30.8 Å². The average Bonchev–Trinajstić information content (AvgIpc) is 3.03. The number of ketones is 1. The van der Waals surface area contributed by atoms with E-state index in [4.69, 9.17) is 4.74 Å². The first kappa shape index (κ1) is 18.9. The first-order valence-electron chi connectivity index (χ1n) is 8.46. The van der Waals surface area contributed by atoms with Crippen molar-refractivity contribution in [2.75, 3.05) is 0 Å². The van der Waals surface area contributed by atoms with Crippen molar-refractivity contribution in [2.24, 2.45) is 0 Å². The molecule has 140 valence electrons. The number of Topliss-reactive ketones (excluding diaryl/α,β-unsaturated/α-hetero) is 1. The lowest BCUT2D eigenvalue weighted by Crippen LogP contribution is -2.14. The van der Waals surface area contributed by atoms with E-state index in [1.165, 1.54) is 21.9 Å². The Morgan fingerprint density at radius 2 is 1.93 bits per heavy atom. The molecule has 0 aliphatic carbocycles. The Morgan fingerprint density at radius 3 is 2.70 bits per heavy atom. The summed E-state index contributed by atoms with van der Waals surface area (Å²) in [6.07, 6.45) is 0.0809. The fourth-order valence-electron chi connectivity index (χ4n) is 2.62. The molecule has 0 saturated heterocycles. The monoisotopic (exact) mass is 385 g/mol. The summed E-state index contributed by atoms with van der Waals surface area (Å²) >= 11 is 1.19. The third-order valence-electron chi connectivity index (χ3n) is 4.02. The van der Waals surface area contributed by atoms with Crippen LogP contribution < -0.4 is 5.56 Å². The molecular formula is C19H19N3O4S. The predicted molar refractivity (Wildman–Crippen MR) is 101 cm³/mol. The number of nitrogens with zero attached hydrogens (tertiary/aromatic N) is 3. The number of rotatable bonds is 6. The summed E-state index contributed by atoms with van der Waals surface area (Å²) in [5, 5.41) is 4.58. The van der Waals surface area contributed by atoms with Crippen molar-refractivity contribution < 1.29 is 14.3 Å². The van der Waals surface area contributed by atoms with Crippen molar-refractivity contribution in [3.05, 3.63) is 62.0 Å². The van der Waals surface area contributed by atoms with Gasteiger partial charge in [-0.2, -0.15) is 9.61 Å². The number of hydrogen-bond acceptors (Lipinski definition) is 7. The lowest BCUT2D eigenvalue weighted by molar-refractivity contribution is -0.144. The third kappa shape index (κ3) is 4.46. The van der Waals surface area contributed by atoms with Crippen molar-refractivity contribution in [1.82, 2.24) is 14.6 Å². The molecule has 0 radical (unpaired) electrons. The van der Waals surface area contributed by atoms with Gasteiger partial charge in [-0.3, -0.25) is 14.4 Å². The SMILES string of the molecule is Cc1ccc(C)c(C(=O)CCC(=O)OCc2nn3c(=O)cc(C)nc3s2)c1. The maximum atomic E-state index is 12.3. The number of ether oxygens (including phenoxy) is 1. The highest BCUT2D eigenvalue weighted by Crippen LogP contribution is 2.15. The van der Waals surface area contributed by atoms with E-state index in [9.17, 15) is 14.4 Å². The van der Waals surface area contributed by atoms with E-state index < -0.39 is 5.97 Å². The van der Waals surface area contributed by atoms with Crippen LogP contribution in [0.25, 0.3) is 4.96 Å². The van der Waals surface area contributed by atoms with Crippen LogP contribution >= 0.6 is 11.3 Å². The second-order valence-electron chi connectivity index (χ2n) is 6.33. The summed E-state index contributed by atoms with van der Waals surface area (Å²) < 4.78 is 6.37. The second-order valence-corrected chi connectivity index (χ2v) is 7.37. The van der Waals surface area contributed by atoms with Crippen molar-refractivity contribution in [3.8, 4) is 0 Å². The lowest BCUT2D eigenvalue weighted by Gasteiger charge is -2.06. The van der Waals surface area contributed by atoms with Gasteiger partial charge in [0.15, 0.2) is 10.8 Å². The van der Waals surface area contributed by atoms with Crippen LogP contribution in [0.5, 0.6) is 0 Å². The molecule has 0 aliphatic heterocycles. The van der Waals surface area contributed by atoms with Crippen LogP contribution in [-0.4, -0.2) is 26.4 Å². The molecule has 0 fully saturated rings. The molecule has 8 heteroatoms. The minimum atomic E-state index is -0.482. The van der Waals surface area contributed by atoms with E-state index in [1.54, 1.807) is 6.92 Å². The third-order valence-corrected chi connectivity index (χ3v) is 4.90. The number of esters is 1. The van der Waals surface area contributed by atoms with Crippen LogP contribution in [0.3, 0.4) is 0 Å². The molecule has 0 unspecified atom stereocenters. The first-order chi connectivity index (χ1) is 12.8. The van der Waals surface area contributed by atoms with Gasteiger partial charge < -0.3 is 4.74 Å². The van der Waals surface area contributed by atoms with Gasteiger partial charge in [-0.05, 0) is 32.4 Å². The fourth-order valence-corrected chi connectivity index (χ4v) is 3.48. The van der Waals surface area contributed by atoms with Crippen LogP contribution in [0.15, 0.2) is 29.1 Å². The number of hydrogen-bond donors (Lipinski definition) is 0. The molecule has 27 heavy (non-hydrogen) atoms. The van der Waals surface area contributed by atoms with E-state index in [1.807, 2.05) is 32.0 Å². The Balaban J connectivity index is 1.57. The first-order valence-corrected chi connectivity index (χ1v) is 9.27. The summed E-state index contributed by atoms with van der Waals surface area (Å²) in [5.74, 6) is -0.566. The standard InChI is InChI=1S/C19H19N3O4S/c1-11-4-5-12(2)14(8-11)15(23)6-7-18(25)26-10-16-21-22-17(24)9-13(3)20-19(22)27-16/h4-5,8-9H,6-7,10H2,1-3H3. The molecule has 0 amide bonds. The van der Waals surface area contributed by atoms with Gasteiger partial charge in [0.2, 0.25) is 4.96 Å². The smallest absolute Gasteiger partial charge is 0.306 e. The van der Waals surface area contributed by atoms with Gasteiger partial charge in [0, 0.05) is 23.7 Å². The predicted octanol–water partition coefficient (Wildman–Crippen LogP) is 2.78. The Morgan fingerprint density at radius 1 is 1.15 bits per heavy atom. The molecular weight excluding hydrogens is 366 g/mol. The normalized spacial score (nSPS) is 10.9. The van der Waals surface area contributed by atoms with Gasteiger partial charge in [-0.25, -0.2) is 4.98 Å². The number of carbonyl (C=O) groups is 2. The molecule has 3 aromatic rings. The number of benzene rings is 1. The molecule has 0 N–H and O–H groups in total. The zero-order chi connectivity index (χ0) is 19.6. The van der Waals surface area contributed by atoms with E-state index in [0.29, 0.717) is 21.2 Å². The average molecular weight is 385 g/mol. The van der Waals surface area contributed by atoms with E-state index in [2.05, 4.69) is 10.1 Å². The quantitative estimate of drug-likeness (QED) is 0.479. The van der Waals surface area contributed by atoms with Crippen molar-refractivity contribution in [3.63, 3.8) is 0 Å². The Hall–Kier alpha value is -2.87. The Bertz CT molecular complexity index is 1080. The van der Waals surface area contributed by atoms with Crippen molar-refractivity contribution >= 4 is 28.1 Å². The van der Waals surface area contributed by atoms with Crippen LogP contribution in [0, 0.1) is 20.8 Å². The van der Waals surface area contributed by atoms with E-state index >= 15 is 0 Å². The summed E-state index contributed by atoms with van der Waals surface area (Å²) in [4.78, 5) is 40.8. The van der Waals surface area contributed by atoms with Crippen molar-refractivity contribution in [2.45, 2.75) is 40.2 Å². The number of aryl methyl sites for hydroxylation is 3. The van der Waals surface area contributed by atoms with Gasteiger partial charge in [0.05, 0.1) is 6.42 Å². The minimum Gasteiger partial charge on any atom is -0.458 e. The molecule has 1 aromatic carbocycles. The van der Waals surface area contributed by atoms with Gasteiger partial charge in [0.25, 0.3) is 5.56 Å². The van der Waals surface area contributed by atoms with Gasteiger partial charge in [-0.15, -0.1) is 0 Å². The Labute approximate surface area is 159 Å². The molecule has 0 aliphatic rings. The lowest BCUT2D eigenvalue weighted by atomic mass is 9.99. The molecule has 2 heterocycles. The van der Waals surface area contributed by atoms with Crippen LogP contribution in [0.2, 0.25) is 0 Å². The fraction of sp³-hybridized carbons (Fsp3) is 0.316. The Kier molecular flexibility index (Phi) is 5.46. The maximum Gasteiger partial charge on any atom is 0.306 e. The summed E-state index contributed by atoms with van der Waals surface area (Å²) in [5.41, 5.74) is 2.86. The number of aromatic nitrogens is 3. The second kappa shape index (κ2) is 7.79. The van der Waals surface area contributed by atoms with Crippen molar-refractivity contribution in [1.29, 1.82) is 0 Å². The molecule has 0 saturated carbocycles. The highest BCUT2D eigenvalue weighted by Gasteiger charge is 2.14. The number of fused-ring (bicyclic) bond motifs is 1.